The van der Waals surface area contributed by atoms with Crippen LogP contribution in [0.3, 0.4) is 0 Å². The van der Waals surface area contributed by atoms with E-state index in [1.54, 1.807) is 0 Å². The SMILES string of the molecule is CP(F)(F)(F)CCCc1cccc(C2CCCCC2)c1. The Morgan fingerprint density at radius 1 is 1.10 bits per heavy atom. The van der Waals surface area contributed by atoms with Gasteiger partial charge >= 0.3 is 119 Å². The second-order valence-corrected chi connectivity index (χ2v) is 9.47. The van der Waals surface area contributed by atoms with Gasteiger partial charge in [-0.1, -0.05) is 0 Å². The molecule has 1 aliphatic carbocycles. The maximum atomic E-state index is 12.9. The minimum absolute atomic E-state index is 0.228. The molecule has 0 atom stereocenters. The molecule has 4 heteroatoms. The Morgan fingerprint density at radius 2 is 1.80 bits per heavy atom. The van der Waals surface area contributed by atoms with E-state index in [4.69, 9.17) is 0 Å². The number of hydrogen-bond acceptors (Lipinski definition) is 0. The summed E-state index contributed by atoms with van der Waals surface area (Å²) in [5, 5.41) is 0. The second-order valence-electron chi connectivity index (χ2n) is 6.28. The van der Waals surface area contributed by atoms with Crippen LogP contribution in [0.15, 0.2) is 24.3 Å². The third-order valence-corrected chi connectivity index (χ3v) is 5.40. The summed E-state index contributed by atoms with van der Waals surface area (Å²) in [6.07, 6.45) is 6.54. The van der Waals surface area contributed by atoms with Crippen molar-refractivity contribution >= 4 is 7.54 Å². The van der Waals surface area contributed by atoms with Crippen LogP contribution in [0.1, 0.15) is 55.6 Å². The first-order valence-corrected chi connectivity index (χ1v) is 10.1. The molecular formula is C16H24F3P. The van der Waals surface area contributed by atoms with Gasteiger partial charge in [-0.25, -0.2) is 0 Å². The Bertz CT molecular complexity index is 435. The average molecular weight is 304 g/mol. The normalized spacial score (nSPS) is 19.5. The van der Waals surface area contributed by atoms with E-state index in [9.17, 15) is 12.6 Å². The molecule has 0 unspecified atom stereocenters. The summed E-state index contributed by atoms with van der Waals surface area (Å²) < 4.78 is 38.8. The van der Waals surface area contributed by atoms with E-state index in [0.29, 0.717) is 19.0 Å². The minimum atomic E-state index is -5.82. The van der Waals surface area contributed by atoms with Gasteiger partial charge in [0.25, 0.3) is 0 Å². The van der Waals surface area contributed by atoms with Crippen molar-refractivity contribution in [3.05, 3.63) is 35.4 Å². The van der Waals surface area contributed by atoms with Crippen molar-refractivity contribution in [1.29, 1.82) is 0 Å². The first kappa shape index (κ1) is 15.8. The van der Waals surface area contributed by atoms with Crippen LogP contribution >= 0.6 is 7.54 Å². The summed E-state index contributed by atoms with van der Waals surface area (Å²) >= 11 is 0. The van der Waals surface area contributed by atoms with Gasteiger partial charge in [-0.15, -0.1) is 0 Å². The molecule has 1 aromatic rings. The molecule has 0 N–H and O–H groups in total. The number of rotatable bonds is 5. The molecule has 1 aromatic carbocycles. The van der Waals surface area contributed by atoms with E-state index in [-0.39, 0.29) is 6.42 Å². The number of aryl methyl sites for hydroxylation is 1. The zero-order valence-corrected chi connectivity index (χ0v) is 13.0. The van der Waals surface area contributed by atoms with Crippen LogP contribution in [0.5, 0.6) is 0 Å². The molecule has 1 fully saturated rings. The molecule has 2 rings (SSSR count). The van der Waals surface area contributed by atoms with Gasteiger partial charge in [0, 0.05) is 0 Å². The van der Waals surface area contributed by atoms with Gasteiger partial charge in [-0.05, 0) is 0 Å². The predicted molar refractivity (Wildman–Crippen MR) is 81.6 cm³/mol. The summed E-state index contributed by atoms with van der Waals surface area (Å²) in [5.74, 6) is 0.623. The van der Waals surface area contributed by atoms with Crippen molar-refractivity contribution in [3.63, 3.8) is 0 Å². The van der Waals surface area contributed by atoms with Crippen molar-refractivity contribution in [3.8, 4) is 0 Å². The Kier molecular flexibility index (Phi) is 4.79. The van der Waals surface area contributed by atoms with Crippen molar-refractivity contribution in [1.82, 2.24) is 0 Å². The monoisotopic (exact) mass is 304 g/mol. The molecule has 0 amide bonds. The molecule has 0 nitrogen and oxygen atoms in total. The van der Waals surface area contributed by atoms with Crippen LogP contribution in [0.4, 0.5) is 12.6 Å². The van der Waals surface area contributed by atoms with E-state index < -0.39 is 13.7 Å². The zero-order valence-electron chi connectivity index (χ0n) is 12.1. The third-order valence-electron chi connectivity index (χ3n) is 4.13. The van der Waals surface area contributed by atoms with Gasteiger partial charge in [0.05, 0.1) is 0 Å². The molecule has 114 valence electrons. The van der Waals surface area contributed by atoms with Crippen molar-refractivity contribution in [2.75, 3.05) is 12.8 Å². The quantitative estimate of drug-likeness (QED) is 0.544. The molecular weight excluding hydrogens is 280 g/mol. The molecule has 0 radical (unpaired) electrons. The summed E-state index contributed by atoms with van der Waals surface area (Å²) in [4.78, 5) is 0. The first-order valence-electron chi connectivity index (χ1n) is 7.55. The van der Waals surface area contributed by atoms with Crippen LogP contribution in [0.2, 0.25) is 0 Å². The fraction of sp³-hybridized carbons (Fsp3) is 0.625. The fourth-order valence-corrected chi connectivity index (χ4v) is 3.89. The molecule has 0 spiro atoms. The molecule has 0 bridgehead atoms. The van der Waals surface area contributed by atoms with Gasteiger partial charge in [0.2, 0.25) is 0 Å². The predicted octanol–water partition coefficient (Wildman–Crippen LogP) is 6.50. The topological polar surface area (TPSA) is 0 Å². The zero-order chi connectivity index (χ0) is 14.7. The van der Waals surface area contributed by atoms with Gasteiger partial charge in [0.1, 0.15) is 0 Å². The van der Waals surface area contributed by atoms with Crippen LogP contribution in [0.25, 0.3) is 0 Å². The fourth-order valence-electron chi connectivity index (χ4n) is 3.06. The standard InChI is InChI=1S/C16H24F3P/c1-20(17,18,19)12-6-8-14-7-5-11-16(13-14)15-9-3-2-4-10-15/h5,7,11,13,15H,2-4,6,8-10,12H2,1H3. The van der Waals surface area contributed by atoms with E-state index in [2.05, 4.69) is 12.1 Å². The molecule has 20 heavy (non-hydrogen) atoms. The molecule has 1 saturated carbocycles. The van der Waals surface area contributed by atoms with Gasteiger partial charge in [-0.2, -0.15) is 0 Å². The Hall–Kier alpha value is -0.560. The van der Waals surface area contributed by atoms with Gasteiger partial charge in [0.15, 0.2) is 0 Å². The summed E-state index contributed by atoms with van der Waals surface area (Å²) in [6, 6.07) is 8.24. The van der Waals surface area contributed by atoms with Crippen molar-refractivity contribution in [2.45, 2.75) is 50.9 Å². The number of halogens is 3. The van der Waals surface area contributed by atoms with E-state index in [1.807, 2.05) is 12.1 Å². The van der Waals surface area contributed by atoms with Crippen LogP contribution < -0.4 is 0 Å². The number of benzene rings is 1. The average Bonchev–Trinajstić information content (AvgIpc) is 2.38. The molecule has 0 aliphatic heterocycles. The third kappa shape index (κ3) is 5.44. The summed E-state index contributed by atoms with van der Waals surface area (Å²) in [7, 11) is -5.82. The van der Waals surface area contributed by atoms with Crippen molar-refractivity contribution < 1.29 is 12.6 Å². The maximum absolute atomic E-state index is 12.9. The van der Waals surface area contributed by atoms with Gasteiger partial charge in [-0.3, -0.25) is 0 Å². The molecule has 0 aromatic heterocycles. The molecule has 0 saturated heterocycles. The van der Waals surface area contributed by atoms with E-state index in [0.717, 1.165) is 5.56 Å². The molecule has 1 aliphatic rings. The van der Waals surface area contributed by atoms with E-state index >= 15 is 0 Å². The molecule has 0 heterocycles. The Balaban J connectivity index is 1.92. The van der Waals surface area contributed by atoms with E-state index in [1.165, 1.54) is 37.7 Å². The van der Waals surface area contributed by atoms with Crippen LogP contribution in [-0.4, -0.2) is 12.8 Å². The first-order chi connectivity index (χ1) is 9.30. The Labute approximate surface area is 120 Å². The summed E-state index contributed by atoms with van der Waals surface area (Å²) in [6.45, 7) is 0.490. The summed E-state index contributed by atoms with van der Waals surface area (Å²) in [5.41, 5.74) is 2.39. The van der Waals surface area contributed by atoms with Crippen molar-refractivity contribution in [2.24, 2.45) is 0 Å². The number of hydrogen-bond donors (Lipinski definition) is 0. The second kappa shape index (κ2) is 6.05. The van der Waals surface area contributed by atoms with Crippen LogP contribution in [-0.2, 0) is 6.42 Å². The van der Waals surface area contributed by atoms with Gasteiger partial charge < -0.3 is 0 Å². The Morgan fingerprint density at radius 3 is 2.45 bits per heavy atom. The van der Waals surface area contributed by atoms with Crippen LogP contribution in [0, 0.1) is 0 Å².